The number of ether oxygens (including phenoxy) is 4. The predicted molar refractivity (Wildman–Crippen MR) is 320 cm³/mol. The lowest BCUT2D eigenvalue weighted by atomic mass is 9.88. The normalized spacial score (nSPS) is 19.7. The third kappa shape index (κ3) is 15.8. The summed E-state index contributed by atoms with van der Waals surface area (Å²) in [5, 5.41) is 14.4. The third-order valence-corrected chi connectivity index (χ3v) is 17.6. The van der Waals surface area contributed by atoms with Crippen LogP contribution in [0.5, 0.6) is 0 Å². The molecule has 0 spiro atoms. The Morgan fingerprint density at radius 1 is 0.894 bits per heavy atom. The number of nitrogens with zero attached hydrogens (tertiary/aromatic N) is 10. The van der Waals surface area contributed by atoms with Crippen molar-refractivity contribution in [1.82, 2.24) is 50.4 Å². The lowest BCUT2D eigenvalue weighted by Crippen LogP contribution is -2.58. The number of ketones is 1. The number of nitrogens with one attached hydrogen (secondary N) is 3. The molecule has 5 aliphatic rings. The van der Waals surface area contributed by atoms with Gasteiger partial charge in [-0.2, -0.15) is 4.68 Å². The van der Waals surface area contributed by atoms with E-state index in [-0.39, 0.29) is 91.4 Å². The van der Waals surface area contributed by atoms with Crippen molar-refractivity contribution < 1.29 is 47.3 Å². The number of likely N-dealkylation sites (tertiary alicyclic amines) is 2. The Hall–Kier alpha value is -6.92. The van der Waals surface area contributed by atoms with Crippen LogP contribution in [0.1, 0.15) is 95.4 Å². The fourth-order valence-electron chi connectivity index (χ4n) is 11.6. The summed E-state index contributed by atoms with van der Waals surface area (Å²) < 4.78 is 39.6. The molecular formula is C60H79FN14O9S. The van der Waals surface area contributed by atoms with E-state index in [0.29, 0.717) is 105 Å². The maximum absolute atomic E-state index is 15.1. The van der Waals surface area contributed by atoms with Gasteiger partial charge >= 0.3 is 5.82 Å². The van der Waals surface area contributed by atoms with E-state index >= 15 is 4.39 Å². The van der Waals surface area contributed by atoms with Gasteiger partial charge in [0.25, 0.3) is 5.91 Å². The molecule has 5 aliphatic heterocycles. The van der Waals surface area contributed by atoms with Gasteiger partial charge in [-0.3, -0.25) is 29.0 Å². The van der Waals surface area contributed by atoms with Crippen molar-refractivity contribution in [1.29, 1.82) is 0 Å². The van der Waals surface area contributed by atoms with Crippen molar-refractivity contribution in [2.45, 2.75) is 102 Å². The van der Waals surface area contributed by atoms with Crippen LogP contribution in [0, 0.1) is 25.2 Å². The molecule has 23 nitrogen and oxygen atoms in total. The number of nitrogens with two attached hydrogens (primary N) is 1. The standard InChI is InChI=1S/C60H79FN14O9S/c1-38-10-12-41(13-11-38)53(77)46-37-85-58(68-46)48-9-7-19-74(48)60(80)52(69-57(78)39(2)63-3)40-14-20-72(21-15-40)23-25-82-27-29-84-31-30-83-28-26-81-24-16-50(76)65-17-22-75-49-36-71(5)59(79)43-32-42(33-44(61)34-43)47-8-6-18-73(47)56-54(62)66-35-45(67-56)51(49)55(64-4)70-75/h10-13,32-35,39-40,46-48,52,63H,6-9,14-31,36-37H2,1-3,5H3,(H2,62,66)(H,65,76)(H,69,78)/t39-,46?,47-,48-,52-/m1/s1. The van der Waals surface area contributed by atoms with Crippen molar-refractivity contribution in [3.8, 4) is 11.3 Å². The highest BCUT2D eigenvalue weighted by atomic mass is 32.2. The van der Waals surface area contributed by atoms with Crippen LogP contribution in [-0.2, 0) is 46.4 Å². The second kappa shape index (κ2) is 29.9. The summed E-state index contributed by atoms with van der Waals surface area (Å²) in [5.74, 6) is -0.313. The van der Waals surface area contributed by atoms with Gasteiger partial charge < -0.3 is 65.1 Å². The van der Waals surface area contributed by atoms with Gasteiger partial charge in [-0.05, 0) is 107 Å². The molecule has 0 saturated carbocycles. The maximum Gasteiger partial charge on any atom is 0.305 e. The van der Waals surface area contributed by atoms with Gasteiger partial charge in [-0.15, -0.1) is 11.8 Å². The molecule has 4 bridgehead atoms. The summed E-state index contributed by atoms with van der Waals surface area (Å²) >= 11 is 1.56. The maximum atomic E-state index is 15.1. The van der Waals surface area contributed by atoms with E-state index in [1.807, 2.05) is 41.0 Å². The van der Waals surface area contributed by atoms with Crippen molar-refractivity contribution in [3.63, 3.8) is 0 Å². The number of likely N-dealkylation sites (N-methyl/N-ethyl adjacent to an activating group) is 1. The lowest BCUT2D eigenvalue weighted by Gasteiger charge is -2.38. The van der Waals surface area contributed by atoms with Crippen molar-refractivity contribution in [2.75, 3.05) is 123 Å². The fraction of sp³-hybridized carbons (Fsp3) is 0.567. The number of carbonyl (C=O) groups is 5. The van der Waals surface area contributed by atoms with E-state index in [0.717, 1.165) is 62.3 Å². The van der Waals surface area contributed by atoms with E-state index in [1.165, 1.54) is 23.2 Å². The number of benzene rings is 2. The van der Waals surface area contributed by atoms with Crippen LogP contribution in [-0.4, -0.2) is 205 Å². The van der Waals surface area contributed by atoms with Gasteiger partial charge in [-0.25, -0.2) is 14.4 Å². The van der Waals surface area contributed by atoms with E-state index in [9.17, 15) is 24.0 Å². The average molecular weight is 1190 g/mol. The Kier molecular flexibility index (Phi) is 22.0. The molecule has 2 aromatic heterocycles. The summed E-state index contributed by atoms with van der Waals surface area (Å²) in [4.78, 5) is 93.4. The molecule has 4 amide bonds. The van der Waals surface area contributed by atoms with Gasteiger partial charge in [0, 0.05) is 56.5 Å². The zero-order valence-electron chi connectivity index (χ0n) is 49.1. The Labute approximate surface area is 500 Å². The number of aromatic nitrogens is 4. The molecule has 5 N–H and O–H groups in total. The first-order chi connectivity index (χ1) is 41.2. The number of rotatable bonds is 26. The molecule has 9 rings (SSSR count). The number of aryl methyl sites for hydroxylation is 1. The van der Waals surface area contributed by atoms with Crippen molar-refractivity contribution in [2.24, 2.45) is 10.9 Å². The number of piperidine rings is 1. The Bertz CT molecular complexity index is 3080. The van der Waals surface area contributed by atoms with E-state index in [1.54, 1.807) is 43.5 Å². The zero-order valence-corrected chi connectivity index (χ0v) is 49.9. The van der Waals surface area contributed by atoms with Gasteiger partial charge in [-0.1, -0.05) is 36.4 Å². The average Bonchev–Trinajstić information content (AvgIpc) is 3.18. The largest absolute Gasteiger partial charge is 0.381 e. The minimum absolute atomic E-state index is 0.00187. The highest BCUT2D eigenvalue weighted by molar-refractivity contribution is 8.14. The van der Waals surface area contributed by atoms with E-state index in [4.69, 9.17) is 41.2 Å². The summed E-state index contributed by atoms with van der Waals surface area (Å²) in [7, 11) is 3.33. The summed E-state index contributed by atoms with van der Waals surface area (Å²) in [5.41, 5.74) is 10.2. The Morgan fingerprint density at radius 3 is 2.31 bits per heavy atom. The minimum Gasteiger partial charge on any atom is -0.381 e. The van der Waals surface area contributed by atoms with Crippen LogP contribution in [0.4, 0.5) is 21.8 Å². The van der Waals surface area contributed by atoms with Crippen molar-refractivity contribution in [3.05, 3.63) is 93.8 Å². The smallest absolute Gasteiger partial charge is 0.305 e. The Balaban J connectivity index is 0.639. The van der Waals surface area contributed by atoms with Crippen LogP contribution in [0.3, 0.4) is 0 Å². The highest BCUT2D eigenvalue weighted by Gasteiger charge is 2.43. The number of Topliss-reactive ketones (excluding diaryl/α,β-unsaturated/α-hetero) is 1. The monoisotopic (exact) mass is 1190 g/mol. The minimum atomic E-state index is -0.669. The van der Waals surface area contributed by atoms with E-state index in [2.05, 4.69) is 35.8 Å². The van der Waals surface area contributed by atoms with Crippen LogP contribution in [0.25, 0.3) is 16.1 Å². The van der Waals surface area contributed by atoms with Crippen molar-refractivity contribution >= 4 is 63.7 Å². The molecule has 456 valence electrons. The number of anilines is 2. The summed E-state index contributed by atoms with van der Waals surface area (Å²) in [6.07, 6.45) is 6.18. The number of amides is 4. The topological polar surface area (TPSA) is 258 Å². The first-order valence-corrected chi connectivity index (χ1v) is 30.5. The molecule has 4 aromatic rings. The summed E-state index contributed by atoms with van der Waals surface area (Å²) in [6.45, 7) is 18.5. The van der Waals surface area contributed by atoms with E-state index < -0.39 is 29.8 Å². The van der Waals surface area contributed by atoms with Crippen LogP contribution >= 0.6 is 11.8 Å². The predicted octanol–water partition coefficient (Wildman–Crippen LogP) is 4.61. The first-order valence-electron chi connectivity index (χ1n) is 29.5. The molecule has 1 unspecified atom stereocenters. The molecule has 5 atom stereocenters. The molecule has 3 saturated heterocycles. The van der Waals surface area contributed by atoms with Gasteiger partial charge in [0.05, 0.1) is 112 Å². The van der Waals surface area contributed by atoms with Gasteiger partial charge in [0.15, 0.2) is 17.4 Å². The second-order valence-electron chi connectivity index (χ2n) is 22.2. The number of hydrogen-bond donors (Lipinski definition) is 4. The fourth-order valence-corrected chi connectivity index (χ4v) is 12.8. The first kappa shape index (κ1) is 62.6. The number of aliphatic imine (C=N–C) groups is 1. The number of carbonyl (C=O) groups excluding carboxylic acids is 5. The van der Waals surface area contributed by atoms with Gasteiger partial charge in [0.1, 0.15) is 17.9 Å². The highest BCUT2D eigenvalue weighted by Crippen LogP contribution is 2.41. The van der Waals surface area contributed by atoms with Gasteiger partial charge in [0.2, 0.25) is 17.7 Å². The number of hydrogen-bond acceptors (Lipinski definition) is 18. The molecule has 7 heterocycles. The zero-order chi connectivity index (χ0) is 60.0. The summed E-state index contributed by atoms with van der Waals surface area (Å²) in [6, 6.07) is 9.83. The van der Waals surface area contributed by atoms with Crippen LogP contribution < -0.4 is 26.6 Å². The molecule has 3 fully saturated rings. The number of nitrogen functional groups attached to an aromatic ring is 1. The molecule has 85 heavy (non-hydrogen) atoms. The third-order valence-electron chi connectivity index (χ3n) is 16.4. The SMILES string of the molecule is [C-]#[N+]c1nn(CCNC(=O)CCOCCOCCOCCOCCN2CCC([C@@H](NC(=O)[C@@H](C)NC)C(=O)N3CCC[C@@H]3C3=NC(C(=O)c4ccc(C)cc4)CS3)CC2)c2c1-c1cnc(N)c(n1)N1CCC[C@@H]1c1cc(F)cc(c1)C(=O)N(C)C2. The number of halogens is 1. The molecule has 25 heteroatoms. The number of fused-ring (bicyclic) bond motifs is 9. The molecule has 2 aromatic carbocycles. The lowest BCUT2D eigenvalue weighted by molar-refractivity contribution is -0.138. The van der Waals surface area contributed by atoms with Crippen LogP contribution in [0.15, 0.2) is 53.7 Å². The quantitative estimate of drug-likeness (QED) is 0.0380. The number of thioether (sulfide) groups is 1. The Morgan fingerprint density at radius 2 is 1.59 bits per heavy atom. The van der Waals surface area contributed by atoms with Crippen LogP contribution in [0.2, 0.25) is 0 Å². The molecular weight excluding hydrogens is 1110 g/mol. The second-order valence-corrected chi connectivity index (χ2v) is 23.2. The molecule has 0 radical (unpaired) electrons. The molecule has 0 aliphatic carbocycles.